The van der Waals surface area contributed by atoms with Gasteiger partial charge >= 0.3 is 6.03 Å². The Morgan fingerprint density at radius 3 is 2.84 bits per heavy atom. The SMILES string of the molecule is Cc1ccc([C@@H](C)NC(=O)NCc2ccccn2)o1. The second-order valence-electron chi connectivity index (χ2n) is 4.32. The first kappa shape index (κ1) is 13.1. The maximum atomic E-state index is 11.7. The maximum absolute atomic E-state index is 11.7. The van der Waals surface area contributed by atoms with E-state index in [2.05, 4.69) is 15.6 Å². The van der Waals surface area contributed by atoms with E-state index < -0.39 is 0 Å². The zero-order valence-corrected chi connectivity index (χ0v) is 11.0. The standard InChI is InChI=1S/C14H17N3O2/c1-10-6-7-13(19-10)11(2)17-14(18)16-9-12-5-3-4-8-15-12/h3-8,11H,9H2,1-2H3,(H2,16,17,18)/t11-/m1/s1. The summed E-state index contributed by atoms with van der Waals surface area (Å²) in [5, 5.41) is 5.56. The average Bonchev–Trinajstić information content (AvgIpc) is 2.84. The van der Waals surface area contributed by atoms with Crippen LogP contribution in [0.2, 0.25) is 0 Å². The van der Waals surface area contributed by atoms with Crippen molar-refractivity contribution in [2.24, 2.45) is 0 Å². The average molecular weight is 259 g/mol. The zero-order valence-electron chi connectivity index (χ0n) is 11.0. The molecule has 0 radical (unpaired) electrons. The summed E-state index contributed by atoms with van der Waals surface area (Å²) in [4.78, 5) is 15.8. The summed E-state index contributed by atoms with van der Waals surface area (Å²) in [5.74, 6) is 1.57. The van der Waals surface area contributed by atoms with Crippen LogP contribution in [0.25, 0.3) is 0 Å². The third-order valence-electron chi connectivity index (χ3n) is 2.69. The minimum Gasteiger partial charge on any atom is -0.464 e. The molecule has 2 aromatic heterocycles. The van der Waals surface area contributed by atoms with E-state index in [0.29, 0.717) is 6.54 Å². The highest BCUT2D eigenvalue weighted by molar-refractivity contribution is 5.74. The second-order valence-corrected chi connectivity index (χ2v) is 4.32. The van der Waals surface area contributed by atoms with Crippen molar-refractivity contribution in [1.82, 2.24) is 15.6 Å². The number of carbonyl (C=O) groups is 1. The van der Waals surface area contributed by atoms with Gasteiger partial charge in [-0.15, -0.1) is 0 Å². The zero-order chi connectivity index (χ0) is 13.7. The van der Waals surface area contributed by atoms with Gasteiger partial charge in [0.2, 0.25) is 0 Å². The topological polar surface area (TPSA) is 67.2 Å². The van der Waals surface area contributed by atoms with E-state index in [9.17, 15) is 4.79 Å². The lowest BCUT2D eigenvalue weighted by Crippen LogP contribution is -2.36. The molecule has 0 fully saturated rings. The van der Waals surface area contributed by atoms with Crippen molar-refractivity contribution < 1.29 is 9.21 Å². The molecule has 2 heterocycles. The Labute approximate surface area is 112 Å². The quantitative estimate of drug-likeness (QED) is 0.886. The van der Waals surface area contributed by atoms with Gasteiger partial charge < -0.3 is 15.1 Å². The monoisotopic (exact) mass is 259 g/mol. The van der Waals surface area contributed by atoms with Crippen LogP contribution in [0.15, 0.2) is 40.9 Å². The van der Waals surface area contributed by atoms with E-state index in [-0.39, 0.29) is 12.1 Å². The summed E-state index contributed by atoms with van der Waals surface area (Å²) < 4.78 is 5.45. The molecule has 19 heavy (non-hydrogen) atoms. The van der Waals surface area contributed by atoms with Crippen LogP contribution in [0.1, 0.15) is 30.2 Å². The molecule has 0 aliphatic heterocycles. The number of furan rings is 1. The van der Waals surface area contributed by atoms with Crippen molar-refractivity contribution in [3.8, 4) is 0 Å². The Morgan fingerprint density at radius 2 is 2.21 bits per heavy atom. The summed E-state index contributed by atoms with van der Waals surface area (Å²) in [6.07, 6.45) is 1.70. The highest BCUT2D eigenvalue weighted by Gasteiger charge is 2.12. The lowest BCUT2D eigenvalue weighted by Gasteiger charge is -2.12. The maximum Gasteiger partial charge on any atom is 0.315 e. The van der Waals surface area contributed by atoms with Gasteiger partial charge in [-0.1, -0.05) is 6.07 Å². The van der Waals surface area contributed by atoms with E-state index in [1.807, 2.05) is 44.2 Å². The predicted molar refractivity (Wildman–Crippen MR) is 71.5 cm³/mol. The van der Waals surface area contributed by atoms with Crippen molar-refractivity contribution in [3.05, 3.63) is 53.7 Å². The summed E-state index contributed by atoms with van der Waals surface area (Å²) >= 11 is 0. The molecule has 0 saturated carbocycles. The molecule has 2 aromatic rings. The van der Waals surface area contributed by atoms with Gasteiger partial charge in [0.1, 0.15) is 11.5 Å². The first-order valence-corrected chi connectivity index (χ1v) is 6.16. The molecule has 0 spiro atoms. The third-order valence-corrected chi connectivity index (χ3v) is 2.69. The van der Waals surface area contributed by atoms with Gasteiger partial charge in [0.05, 0.1) is 18.3 Å². The lowest BCUT2D eigenvalue weighted by molar-refractivity contribution is 0.235. The Morgan fingerprint density at radius 1 is 1.37 bits per heavy atom. The Bertz CT molecular complexity index is 537. The van der Waals surface area contributed by atoms with Crippen LogP contribution in [-0.4, -0.2) is 11.0 Å². The number of nitrogens with zero attached hydrogens (tertiary/aromatic N) is 1. The van der Waals surface area contributed by atoms with Crippen LogP contribution in [-0.2, 0) is 6.54 Å². The Kier molecular flexibility index (Phi) is 4.18. The highest BCUT2D eigenvalue weighted by atomic mass is 16.3. The molecule has 0 aromatic carbocycles. The fraction of sp³-hybridized carbons (Fsp3) is 0.286. The van der Waals surface area contributed by atoms with Crippen molar-refractivity contribution in [2.45, 2.75) is 26.4 Å². The molecule has 0 aliphatic carbocycles. The highest BCUT2D eigenvalue weighted by Crippen LogP contribution is 2.15. The largest absolute Gasteiger partial charge is 0.464 e. The van der Waals surface area contributed by atoms with Gasteiger partial charge in [0, 0.05) is 6.20 Å². The number of nitrogens with one attached hydrogen (secondary N) is 2. The first-order valence-electron chi connectivity index (χ1n) is 6.16. The molecule has 2 N–H and O–H groups in total. The number of aryl methyl sites for hydroxylation is 1. The fourth-order valence-corrected chi connectivity index (χ4v) is 1.68. The van der Waals surface area contributed by atoms with Gasteiger partial charge in [-0.3, -0.25) is 4.98 Å². The molecule has 0 bridgehead atoms. The van der Waals surface area contributed by atoms with E-state index in [1.165, 1.54) is 0 Å². The minimum atomic E-state index is -0.243. The van der Waals surface area contributed by atoms with Crippen molar-refractivity contribution in [2.75, 3.05) is 0 Å². The van der Waals surface area contributed by atoms with Crippen LogP contribution >= 0.6 is 0 Å². The smallest absolute Gasteiger partial charge is 0.315 e. The number of hydrogen-bond acceptors (Lipinski definition) is 3. The van der Waals surface area contributed by atoms with E-state index in [4.69, 9.17) is 4.42 Å². The van der Waals surface area contributed by atoms with Crippen LogP contribution in [0.5, 0.6) is 0 Å². The van der Waals surface area contributed by atoms with Crippen molar-refractivity contribution in [1.29, 1.82) is 0 Å². The van der Waals surface area contributed by atoms with E-state index >= 15 is 0 Å². The van der Waals surface area contributed by atoms with Crippen molar-refractivity contribution >= 4 is 6.03 Å². The molecule has 2 amide bonds. The number of aromatic nitrogens is 1. The molecule has 5 heteroatoms. The molecule has 0 saturated heterocycles. The second kappa shape index (κ2) is 6.04. The number of carbonyl (C=O) groups excluding carboxylic acids is 1. The van der Waals surface area contributed by atoms with Crippen LogP contribution in [0, 0.1) is 6.92 Å². The van der Waals surface area contributed by atoms with Gasteiger partial charge in [-0.05, 0) is 38.1 Å². The molecule has 0 aliphatic rings. The third kappa shape index (κ3) is 3.84. The number of rotatable bonds is 4. The van der Waals surface area contributed by atoms with Gasteiger partial charge in [-0.2, -0.15) is 0 Å². The van der Waals surface area contributed by atoms with Gasteiger partial charge in [-0.25, -0.2) is 4.79 Å². The normalized spacial score (nSPS) is 11.9. The summed E-state index contributed by atoms with van der Waals surface area (Å²) in [5.41, 5.74) is 0.819. The number of pyridine rings is 1. The van der Waals surface area contributed by atoms with E-state index in [1.54, 1.807) is 6.20 Å². The molecule has 100 valence electrons. The molecule has 5 nitrogen and oxygen atoms in total. The van der Waals surface area contributed by atoms with E-state index in [0.717, 1.165) is 17.2 Å². The fourth-order valence-electron chi connectivity index (χ4n) is 1.68. The molecule has 1 atom stereocenters. The molecule has 2 rings (SSSR count). The summed E-state index contributed by atoms with van der Waals surface area (Å²) in [7, 11) is 0. The molecular formula is C14H17N3O2. The molecule has 0 unspecified atom stereocenters. The van der Waals surface area contributed by atoms with Crippen LogP contribution < -0.4 is 10.6 Å². The van der Waals surface area contributed by atoms with Crippen LogP contribution in [0.3, 0.4) is 0 Å². The number of hydrogen-bond donors (Lipinski definition) is 2. The number of urea groups is 1. The first-order chi connectivity index (χ1) is 9.15. The van der Waals surface area contributed by atoms with Crippen LogP contribution in [0.4, 0.5) is 4.79 Å². The summed E-state index contributed by atoms with van der Waals surface area (Å²) in [6, 6.07) is 8.91. The Hall–Kier alpha value is -2.30. The lowest BCUT2D eigenvalue weighted by atomic mass is 10.2. The van der Waals surface area contributed by atoms with Crippen molar-refractivity contribution in [3.63, 3.8) is 0 Å². The Balaban J connectivity index is 1.81. The molecular weight excluding hydrogens is 242 g/mol. The summed E-state index contributed by atoms with van der Waals surface area (Å²) in [6.45, 7) is 4.15. The predicted octanol–water partition coefficient (Wildman–Crippen LogP) is 2.54. The number of amides is 2. The minimum absolute atomic E-state index is 0.169. The van der Waals surface area contributed by atoms with Gasteiger partial charge in [0.15, 0.2) is 0 Å². The van der Waals surface area contributed by atoms with Gasteiger partial charge in [0.25, 0.3) is 0 Å².